The lowest BCUT2D eigenvalue weighted by Gasteiger charge is -2.28. The van der Waals surface area contributed by atoms with E-state index in [4.69, 9.17) is 4.74 Å². The van der Waals surface area contributed by atoms with Crippen LogP contribution in [0.5, 0.6) is 0 Å². The molecule has 1 atom stereocenters. The van der Waals surface area contributed by atoms with Gasteiger partial charge in [-0.05, 0) is 44.6 Å². The molecule has 2 fully saturated rings. The maximum atomic E-state index is 12.3. The molecule has 1 unspecified atom stereocenters. The monoisotopic (exact) mass is 253 g/mol. The van der Waals surface area contributed by atoms with Crippen molar-refractivity contribution in [2.75, 3.05) is 13.2 Å². The Morgan fingerprint density at radius 3 is 2.67 bits per heavy atom. The summed E-state index contributed by atoms with van der Waals surface area (Å²) in [6.45, 7) is 3.74. The average molecular weight is 253 g/mol. The number of hydrogen-bond acceptors (Lipinski definition) is 3. The highest BCUT2D eigenvalue weighted by molar-refractivity contribution is 5.81. The van der Waals surface area contributed by atoms with Crippen molar-refractivity contribution in [3.8, 4) is 0 Å². The SMILES string of the molecule is CCCC1(C(=O)OCC2CCCCC2)CCCN1. The van der Waals surface area contributed by atoms with Crippen molar-refractivity contribution in [3.05, 3.63) is 0 Å². The average Bonchev–Trinajstić information content (AvgIpc) is 2.87. The molecular formula is C15H27NO2. The molecule has 0 aromatic rings. The molecule has 0 radical (unpaired) electrons. The zero-order valence-corrected chi connectivity index (χ0v) is 11.7. The maximum absolute atomic E-state index is 12.3. The Hall–Kier alpha value is -0.570. The molecule has 0 aromatic heterocycles. The van der Waals surface area contributed by atoms with E-state index in [1.54, 1.807) is 0 Å². The van der Waals surface area contributed by atoms with Crippen LogP contribution in [0.4, 0.5) is 0 Å². The minimum Gasteiger partial charge on any atom is -0.464 e. The van der Waals surface area contributed by atoms with Gasteiger partial charge in [0.15, 0.2) is 0 Å². The zero-order chi connectivity index (χ0) is 12.8. The van der Waals surface area contributed by atoms with Gasteiger partial charge in [-0.3, -0.25) is 4.79 Å². The molecular weight excluding hydrogens is 226 g/mol. The lowest BCUT2D eigenvalue weighted by molar-refractivity contribution is -0.153. The summed E-state index contributed by atoms with van der Waals surface area (Å²) in [6.07, 6.45) is 10.4. The first-order valence-corrected chi connectivity index (χ1v) is 7.69. The molecule has 0 aromatic carbocycles. The largest absolute Gasteiger partial charge is 0.464 e. The van der Waals surface area contributed by atoms with Crippen molar-refractivity contribution in [3.63, 3.8) is 0 Å². The van der Waals surface area contributed by atoms with Gasteiger partial charge in [0.05, 0.1) is 6.61 Å². The van der Waals surface area contributed by atoms with Crippen LogP contribution < -0.4 is 5.32 Å². The number of nitrogens with one attached hydrogen (secondary N) is 1. The standard InChI is InChI=1S/C15H27NO2/c1-2-9-15(10-6-11-16-15)14(17)18-12-13-7-4-3-5-8-13/h13,16H,2-12H2,1H3. The van der Waals surface area contributed by atoms with Crippen molar-refractivity contribution >= 4 is 5.97 Å². The highest BCUT2D eigenvalue weighted by Crippen LogP contribution is 2.28. The fourth-order valence-electron chi connectivity index (χ4n) is 3.41. The van der Waals surface area contributed by atoms with Crippen LogP contribution in [0.2, 0.25) is 0 Å². The Bertz CT molecular complexity index is 266. The molecule has 1 heterocycles. The fraction of sp³-hybridized carbons (Fsp3) is 0.933. The van der Waals surface area contributed by atoms with Crippen molar-refractivity contribution in [1.29, 1.82) is 0 Å². The minimum absolute atomic E-state index is 0.00687. The number of rotatable bonds is 5. The van der Waals surface area contributed by atoms with Gasteiger partial charge in [-0.2, -0.15) is 0 Å². The van der Waals surface area contributed by atoms with E-state index >= 15 is 0 Å². The van der Waals surface area contributed by atoms with Crippen LogP contribution in [0.15, 0.2) is 0 Å². The van der Waals surface area contributed by atoms with Gasteiger partial charge < -0.3 is 10.1 Å². The summed E-state index contributed by atoms with van der Waals surface area (Å²) in [5.74, 6) is 0.621. The van der Waals surface area contributed by atoms with Gasteiger partial charge in [0.25, 0.3) is 0 Å². The summed E-state index contributed by atoms with van der Waals surface area (Å²) in [4.78, 5) is 12.3. The predicted molar refractivity (Wildman–Crippen MR) is 72.4 cm³/mol. The Kier molecular flexibility index (Phi) is 5.04. The molecule has 1 aliphatic heterocycles. The number of ether oxygens (including phenoxy) is 1. The van der Waals surface area contributed by atoms with E-state index in [9.17, 15) is 4.79 Å². The summed E-state index contributed by atoms with van der Waals surface area (Å²) >= 11 is 0. The van der Waals surface area contributed by atoms with E-state index in [0.717, 1.165) is 32.2 Å². The summed E-state index contributed by atoms with van der Waals surface area (Å²) in [5, 5.41) is 3.38. The maximum Gasteiger partial charge on any atom is 0.326 e. The van der Waals surface area contributed by atoms with Crippen molar-refractivity contribution in [2.45, 2.75) is 70.3 Å². The summed E-state index contributed by atoms with van der Waals surface area (Å²) < 4.78 is 5.62. The number of carbonyl (C=O) groups excluding carboxylic acids is 1. The third kappa shape index (κ3) is 3.25. The van der Waals surface area contributed by atoms with Crippen LogP contribution in [-0.2, 0) is 9.53 Å². The molecule has 0 amide bonds. The lowest BCUT2D eigenvalue weighted by atomic mass is 9.89. The molecule has 1 aliphatic carbocycles. The molecule has 1 saturated carbocycles. The molecule has 2 aliphatic rings. The van der Waals surface area contributed by atoms with Gasteiger partial charge in [-0.1, -0.05) is 32.6 Å². The Morgan fingerprint density at radius 1 is 1.28 bits per heavy atom. The molecule has 1 saturated heterocycles. The van der Waals surface area contributed by atoms with Crippen molar-refractivity contribution in [1.82, 2.24) is 5.32 Å². The Labute approximate surface area is 111 Å². The lowest BCUT2D eigenvalue weighted by Crippen LogP contribution is -2.48. The van der Waals surface area contributed by atoms with Crippen LogP contribution in [-0.4, -0.2) is 24.7 Å². The van der Waals surface area contributed by atoms with Gasteiger partial charge in [0.2, 0.25) is 0 Å². The van der Waals surface area contributed by atoms with Gasteiger partial charge in [-0.15, -0.1) is 0 Å². The smallest absolute Gasteiger partial charge is 0.326 e. The fourth-order valence-corrected chi connectivity index (χ4v) is 3.41. The van der Waals surface area contributed by atoms with Gasteiger partial charge in [-0.25, -0.2) is 0 Å². The number of carbonyl (C=O) groups is 1. The second-order valence-corrected chi connectivity index (χ2v) is 5.96. The molecule has 0 bridgehead atoms. The van der Waals surface area contributed by atoms with E-state index in [1.165, 1.54) is 32.1 Å². The Morgan fingerprint density at radius 2 is 2.06 bits per heavy atom. The first kappa shape index (κ1) is 13.9. The van der Waals surface area contributed by atoms with Crippen LogP contribution in [0, 0.1) is 5.92 Å². The molecule has 2 rings (SSSR count). The first-order valence-electron chi connectivity index (χ1n) is 7.69. The zero-order valence-electron chi connectivity index (χ0n) is 11.7. The quantitative estimate of drug-likeness (QED) is 0.765. The van der Waals surface area contributed by atoms with E-state index in [0.29, 0.717) is 12.5 Å². The first-order chi connectivity index (χ1) is 8.77. The van der Waals surface area contributed by atoms with Gasteiger partial charge in [0, 0.05) is 0 Å². The molecule has 1 N–H and O–H groups in total. The van der Waals surface area contributed by atoms with Crippen LogP contribution in [0.3, 0.4) is 0 Å². The normalized spacial score (nSPS) is 29.4. The van der Waals surface area contributed by atoms with Gasteiger partial charge >= 0.3 is 5.97 Å². The van der Waals surface area contributed by atoms with E-state index in [2.05, 4.69) is 12.2 Å². The Balaban J connectivity index is 1.81. The summed E-state index contributed by atoms with van der Waals surface area (Å²) in [5.41, 5.74) is -0.358. The summed E-state index contributed by atoms with van der Waals surface area (Å²) in [7, 11) is 0. The third-order valence-electron chi connectivity index (χ3n) is 4.49. The second-order valence-electron chi connectivity index (χ2n) is 5.96. The second kappa shape index (κ2) is 6.55. The molecule has 0 spiro atoms. The van der Waals surface area contributed by atoms with E-state index in [1.807, 2.05) is 0 Å². The molecule has 3 heteroatoms. The topological polar surface area (TPSA) is 38.3 Å². The highest BCUT2D eigenvalue weighted by Gasteiger charge is 2.41. The van der Waals surface area contributed by atoms with E-state index in [-0.39, 0.29) is 11.5 Å². The van der Waals surface area contributed by atoms with Crippen molar-refractivity contribution < 1.29 is 9.53 Å². The highest BCUT2D eigenvalue weighted by atomic mass is 16.5. The molecule has 18 heavy (non-hydrogen) atoms. The molecule has 3 nitrogen and oxygen atoms in total. The third-order valence-corrected chi connectivity index (χ3v) is 4.49. The van der Waals surface area contributed by atoms with Crippen LogP contribution in [0.25, 0.3) is 0 Å². The summed E-state index contributed by atoms with van der Waals surface area (Å²) in [6, 6.07) is 0. The van der Waals surface area contributed by atoms with Gasteiger partial charge in [0.1, 0.15) is 5.54 Å². The number of esters is 1. The molecule has 104 valence electrons. The minimum atomic E-state index is -0.358. The van der Waals surface area contributed by atoms with E-state index < -0.39 is 0 Å². The van der Waals surface area contributed by atoms with Crippen molar-refractivity contribution in [2.24, 2.45) is 5.92 Å². The van der Waals surface area contributed by atoms with Crippen LogP contribution in [0.1, 0.15) is 64.7 Å². The van der Waals surface area contributed by atoms with Crippen LogP contribution >= 0.6 is 0 Å². The predicted octanol–water partition coefficient (Wildman–Crippen LogP) is 3.03. The number of hydrogen-bond donors (Lipinski definition) is 1.